The minimum absolute atomic E-state index is 0.0331. The lowest BCUT2D eigenvalue weighted by atomic mass is 10.1. The maximum absolute atomic E-state index is 12.5. The molecule has 1 saturated heterocycles. The van der Waals surface area contributed by atoms with Gasteiger partial charge in [-0.15, -0.1) is 0 Å². The number of rotatable bonds is 2. The number of nitrogens with zero attached hydrogens (tertiary/aromatic N) is 3. The Balaban J connectivity index is 2.16. The Kier molecular flexibility index (Phi) is 4.39. The molecule has 0 spiro atoms. The second-order valence-electron chi connectivity index (χ2n) is 5.85. The number of pyridine rings is 1. The average molecular weight is 318 g/mol. The molecule has 2 heterocycles. The molecule has 112 valence electrons. The fourth-order valence-corrected chi connectivity index (χ4v) is 4.15. The average Bonchev–Trinajstić information content (AvgIpc) is 2.38. The van der Waals surface area contributed by atoms with Gasteiger partial charge in [0.05, 0.1) is 0 Å². The highest BCUT2D eigenvalue weighted by Crippen LogP contribution is 2.24. The van der Waals surface area contributed by atoms with Crippen molar-refractivity contribution in [2.75, 3.05) is 26.2 Å². The van der Waals surface area contributed by atoms with Crippen LogP contribution in [0.3, 0.4) is 0 Å². The molecular formula is C13H20ClN3O2S. The number of aromatic nitrogens is 1. The summed E-state index contributed by atoms with van der Waals surface area (Å²) in [6.07, 6.45) is 1.49. The topological polar surface area (TPSA) is 53.5 Å². The van der Waals surface area contributed by atoms with Gasteiger partial charge in [0.1, 0.15) is 10.0 Å². The standard InChI is InChI=1S/C13H20ClN3O2S/c1-13(2,3)16-7-9-17(10-8-16)20(18,19)11-5-4-6-15-12(11)14/h4-6H,7-10H2,1-3H3. The second-order valence-corrected chi connectivity index (χ2v) is 8.12. The number of piperazine rings is 1. The van der Waals surface area contributed by atoms with Crippen molar-refractivity contribution in [3.63, 3.8) is 0 Å². The largest absolute Gasteiger partial charge is 0.296 e. The van der Waals surface area contributed by atoms with Gasteiger partial charge in [-0.05, 0) is 32.9 Å². The van der Waals surface area contributed by atoms with Gasteiger partial charge in [0, 0.05) is 37.9 Å². The third-order valence-electron chi connectivity index (χ3n) is 3.53. The Bertz CT molecular complexity index is 576. The van der Waals surface area contributed by atoms with Gasteiger partial charge >= 0.3 is 0 Å². The minimum atomic E-state index is -3.55. The molecular weight excluding hydrogens is 298 g/mol. The van der Waals surface area contributed by atoms with Crippen LogP contribution in [0.25, 0.3) is 0 Å². The van der Waals surface area contributed by atoms with Crippen molar-refractivity contribution >= 4 is 21.6 Å². The number of halogens is 1. The third kappa shape index (κ3) is 3.14. The normalized spacial score (nSPS) is 19.2. The molecule has 0 N–H and O–H groups in total. The highest BCUT2D eigenvalue weighted by atomic mass is 35.5. The molecule has 0 aliphatic carbocycles. The second kappa shape index (κ2) is 5.60. The first-order valence-electron chi connectivity index (χ1n) is 6.58. The van der Waals surface area contributed by atoms with E-state index < -0.39 is 10.0 Å². The molecule has 0 saturated carbocycles. The Hall–Kier alpha value is -0.690. The lowest BCUT2D eigenvalue weighted by Crippen LogP contribution is -2.54. The zero-order chi connectivity index (χ0) is 15.0. The Morgan fingerprint density at radius 1 is 1.20 bits per heavy atom. The van der Waals surface area contributed by atoms with E-state index >= 15 is 0 Å². The fourth-order valence-electron chi connectivity index (χ4n) is 2.30. The summed E-state index contributed by atoms with van der Waals surface area (Å²) >= 11 is 5.90. The summed E-state index contributed by atoms with van der Waals surface area (Å²) < 4.78 is 26.6. The van der Waals surface area contributed by atoms with E-state index in [1.54, 1.807) is 6.07 Å². The molecule has 5 nitrogen and oxygen atoms in total. The van der Waals surface area contributed by atoms with Gasteiger partial charge in [-0.3, -0.25) is 4.90 Å². The molecule has 0 bridgehead atoms. The van der Waals surface area contributed by atoms with Crippen LogP contribution in [0.15, 0.2) is 23.2 Å². The number of hydrogen-bond donors (Lipinski definition) is 0. The van der Waals surface area contributed by atoms with Crippen molar-refractivity contribution in [1.29, 1.82) is 0 Å². The number of hydrogen-bond acceptors (Lipinski definition) is 4. The van der Waals surface area contributed by atoms with E-state index in [1.165, 1.54) is 16.6 Å². The fraction of sp³-hybridized carbons (Fsp3) is 0.615. The smallest absolute Gasteiger partial charge is 0.246 e. The molecule has 0 unspecified atom stereocenters. The molecule has 7 heteroatoms. The summed E-state index contributed by atoms with van der Waals surface area (Å²) in [7, 11) is -3.55. The predicted octanol–water partition coefficient (Wildman–Crippen LogP) is 1.84. The lowest BCUT2D eigenvalue weighted by Gasteiger charge is -2.41. The van der Waals surface area contributed by atoms with E-state index in [-0.39, 0.29) is 15.6 Å². The van der Waals surface area contributed by atoms with Crippen molar-refractivity contribution in [2.24, 2.45) is 0 Å². The van der Waals surface area contributed by atoms with Crippen LogP contribution < -0.4 is 0 Å². The summed E-state index contributed by atoms with van der Waals surface area (Å²) in [6, 6.07) is 3.09. The first kappa shape index (κ1) is 15.7. The van der Waals surface area contributed by atoms with Gasteiger partial charge < -0.3 is 0 Å². The lowest BCUT2D eigenvalue weighted by molar-refractivity contribution is 0.0922. The summed E-state index contributed by atoms with van der Waals surface area (Å²) in [5.41, 5.74) is 0.0573. The van der Waals surface area contributed by atoms with Gasteiger partial charge in [-0.25, -0.2) is 13.4 Å². The quantitative estimate of drug-likeness (QED) is 0.781. The van der Waals surface area contributed by atoms with Gasteiger partial charge in [0.15, 0.2) is 0 Å². The third-order valence-corrected chi connectivity index (χ3v) is 5.87. The van der Waals surface area contributed by atoms with Crippen molar-refractivity contribution < 1.29 is 8.42 Å². The van der Waals surface area contributed by atoms with Crippen LogP contribution in [0.2, 0.25) is 5.15 Å². The van der Waals surface area contributed by atoms with Gasteiger partial charge in [-0.1, -0.05) is 11.6 Å². The maximum Gasteiger partial charge on any atom is 0.246 e. The van der Waals surface area contributed by atoms with E-state index in [0.29, 0.717) is 13.1 Å². The van der Waals surface area contributed by atoms with Crippen molar-refractivity contribution in [3.05, 3.63) is 23.5 Å². The first-order chi connectivity index (χ1) is 9.23. The van der Waals surface area contributed by atoms with Gasteiger partial charge in [0.2, 0.25) is 10.0 Å². The van der Waals surface area contributed by atoms with Crippen LogP contribution in [-0.2, 0) is 10.0 Å². The Morgan fingerprint density at radius 3 is 2.30 bits per heavy atom. The van der Waals surface area contributed by atoms with Crippen LogP contribution in [-0.4, -0.2) is 54.3 Å². The van der Waals surface area contributed by atoms with Gasteiger partial charge in [0.25, 0.3) is 0 Å². The molecule has 1 aliphatic heterocycles. The minimum Gasteiger partial charge on any atom is -0.296 e. The van der Waals surface area contributed by atoms with Crippen molar-refractivity contribution in [1.82, 2.24) is 14.2 Å². The molecule has 1 fully saturated rings. The Morgan fingerprint density at radius 2 is 1.80 bits per heavy atom. The van der Waals surface area contributed by atoms with Crippen LogP contribution in [0.4, 0.5) is 0 Å². The highest BCUT2D eigenvalue weighted by Gasteiger charge is 2.33. The van der Waals surface area contributed by atoms with E-state index in [0.717, 1.165) is 13.1 Å². The van der Waals surface area contributed by atoms with Crippen LogP contribution in [0.1, 0.15) is 20.8 Å². The molecule has 2 rings (SSSR count). The molecule has 1 aromatic heterocycles. The zero-order valence-electron chi connectivity index (χ0n) is 12.0. The molecule has 1 aliphatic rings. The molecule has 0 aromatic carbocycles. The SMILES string of the molecule is CC(C)(C)N1CCN(S(=O)(=O)c2cccnc2Cl)CC1. The van der Waals surface area contributed by atoms with E-state index in [1.807, 2.05) is 0 Å². The van der Waals surface area contributed by atoms with Crippen LogP contribution in [0.5, 0.6) is 0 Å². The number of sulfonamides is 1. The maximum atomic E-state index is 12.5. The van der Waals surface area contributed by atoms with Gasteiger partial charge in [-0.2, -0.15) is 4.31 Å². The summed E-state index contributed by atoms with van der Waals surface area (Å²) in [6.45, 7) is 8.80. The van der Waals surface area contributed by atoms with E-state index in [9.17, 15) is 8.42 Å². The summed E-state index contributed by atoms with van der Waals surface area (Å²) in [4.78, 5) is 6.21. The van der Waals surface area contributed by atoms with E-state index in [2.05, 4.69) is 30.7 Å². The molecule has 0 amide bonds. The molecule has 20 heavy (non-hydrogen) atoms. The zero-order valence-corrected chi connectivity index (χ0v) is 13.6. The monoisotopic (exact) mass is 317 g/mol. The highest BCUT2D eigenvalue weighted by molar-refractivity contribution is 7.89. The molecule has 0 atom stereocenters. The van der Waals surface area contributed by atoms with Crippen LogP contribution >= 0.6 is 11.6 Å². The van der Waals surface area contributed by atoms with Crippen LogP contribution in [0, 0.1) is 0 Å². The first-order valence-corrected chi connectivity index (χ1v) is 8.40. The van der Waals surface area contributed by atoms with Crippen molar-refractivity contribution in [3.8, 4) is 0 Å². The summed E-state index contributed by atoms with van der Waals surface area (Å²) in [5.74, 6) is 0. The Labute approximate surface area is 125 Å². The summed E-state index contributed by atoms with van der Waals surface area (Å²) in [5, 5.41) is 0.0331. The molecule has 1 aromatic rings. The van der Waals surface area contributed by atoms with E-state index in [4.69, 9.17) is 11.6 Å². The molecule has 0 radical (unpaired) electrons. The van der Waals surface area contributed by atoms with Crippen molar-refractivity contribution in [2.45, 2.75) is 31.2 Å². The predicted molar refractivity (Wildman–Crippen MR) is 79.3 cm³/mol.